The van der Waals surface area contributed by atoms with E-state index in [-0.39, 0.29) is 11.5 Å². The quantitative estimate of drug-likeness (QED) is 0.153. The molecule has 0 aliphatic carbocycles. The van der Waals surface area contributed by atoms with E-state index >= 15 is 0 Å². The highest BCUT2D eigenvalue weighted by molar-refractivity contribution is 7.22. The van der Waals surface area contributed by atoms with E-state index in [0.29, 0.717) is 5.56 Å². The average Bonchev–Trinajstić information content (AvgIpc) is 3.20. The van der Waals surface area contributed by atoms with Crippen LogP contribution < -0.4 is 5.01 Å². The fourth-order valence-electron chi connectivity index (χ4n) is 3.43. The molecule has 5 nitrogen and oxygen atoms in total. The number of hydrazone groups is 1. The summed E-state index contributed by atoms with van der Waals surface area (Å²) in [6.07, 6.45) is 6.09. The molecular weight excluding hydrogens is 394 g/mol. The second-order valence-corrected chi connectivity index (χ2v) is 8.31. The Kier molecular flexibility index (Phi) is 6.14. The van der Waals surface area contributed by atoms with Crippen LogP contribution in [0.3, 0.4) is 0 Å². The molecule has 0 fully saturated rings. The topological polar surface area (TPSA) is 69.0 Å². The van der Waals surface area contributed by atoms with Crippen LogP contribution in [0.1, 0.15) is 38.2 Å². The van der Waals surface area contributed by atoms with Crippen molar-refractivity contribution in [3.8, 4) is 11.5 Å². The SMILES string of the molecule is CCCCCCN(/N=C/c1cc(O)ccc1O)c1nc2c(ccc3ccccc32)s1. The van der Waals surface area contributed by atoms with E-state index < -0.39 is 0 Å². The lowest BCUT2D eigenvalue weighted by molar-refractivity contribution is 0.459. The van der Waals surface area contributed by atoms with Gasteiger partial charge in [-0.15, -0.1) is 0 Å². The van der Waals surface area contributed by atoms with Crippen LogP contribution in [-0.2, 0) is 0 Å². The van der Waals surface area contributed by atoms with Crippen LogP contribution in [0.2, 0.25) is 0 Å². The maximum absolute atomic E-state index is 10.1. The van der Waals surface area contributed by atoms with E-state index in [0.717, 1.165) is 40.1 Å². The summed E-state index contributed by atoms with van der Waals surface area (Å²) in [5.74, 6) is 0.174. The minimum atomic E-state index is 0.0813. The Hall–Kier alpha value is -3.12. The first-order valence-electron chi connectivity index (χ1n) is 10.3. The van der Waals surface area contributed by atoms with E-state index in [2.05, 4.69) is 36.3 Å². The predicted octanol–water partition coefficient (Wildman–Crippen LogP) is 6.28. The molecule has 0 bridgehead atoms. The number of nitrogens with zero attached hydrogens (tertiary/aromatic N) is 3. The summed E-state index contributed by atoms with van der Waals surface area (Å²) in [7, 11) is 0. The van der Waals surface area contributed by atoms with Gasteiger partial charge in [0, 0.05) is 17.5 Å². The monoisotopic (exact) mass is 419 g/mol. The third-order valence-electron chi connectivity index (χ3n) is 5.06. The number of phenolic OH excluding ortho intramolecular Hbond substituents is 2. The van der Waals surface area contributed by atoms with Gasteiger partial charge in [-0.1, -0.05) is 67.9 Å². The highest BCUT2D eigenvalue weighted by Crippen LogP contribution is 2.34. The van der Waals surface area contributed by atoms with Gasteiger partial charge in [-0.05, 0) is 36.1 Å². The number of anilines is 1. The zero-order valence-corrected chi connectivity index (χ0v) is 17.8. The second-order valence-electron chi connectivity index (χ2n) is 7.30. The van der Waals surface area contributed by atoms with Gasteiger partial charge in [-0.3, -0.25) is 0 Å². The molecule has 0 aliphatic rings. The van der Waals surface area contributed by atoms with Crippen molar-refractivity contribution < 1.29 is 10.2 Å². The zero-order valence-electron chi connectivity index (χ0n) is 17.0. The number of benzene rings is 3. The predicted molar refractivity (Wildman–Crippen MR) is 126 cm³/mol. The minimum Gasteiger partial charge on any atom is -0.508 e. The molecule has 0 unspecified atom stereocenters. The average molecular weight is 420 g/mol. The molecule has 154 valence electrons. The molecule has 1 heterocycles. The van der Waals surface area contributed by atoms with E-state index in [9.17, 15) is 10.2 Å². The van der Waals surface area contributed by atoms with Gasteiger partial charge in [0.2, 0.25) is 5.13 Å². The van der Waals surface area contributed by atoms with Crippen LogP contribution in [-0.4, -0.2) is 28.0 Å². The Bertz CT molecular complexity index is 1190. The van der Waals surface area contributed by atoms with Crippen molar-refractivity contribution in [2.75, 3.05) is 11.6 Å². The first-order valence-corrected chi connectivity index (χ1v) is 11.1. The van der Waals surface area contributed by atoms with E-state index in [4.69, 9.17) is 4.98 Å². The van der Waals surface area contributed by atoms with Gasteiger partial charge >= 0.3 is 0 Å². The van der Waals surface area contributed by atoms with Gasteiger partial charge in [0.25, 0.3) is 0 Å². The van der Waals surface area contributed by atoms with Crippen molar-refractivity contribution in [2.24, 2.45) is 5.10 Å². The first-order chi connectivity index (χ1) is 14.7. The number of aromatic nitrogens is 1. The summed E-state index contributed by atoms with van der Waals surface area (Å²) in [4.78, 5) is 4.91. The summed E-state index contributed by atoms with van der Waals surface area (Å²) in [6, 6.07) is 16.9. The molecule has 6 heteroatoms. The smallest absolute Gasteiger partial charge is 0.207 e. The maximum Gasteiger partial charge on any atom is 0.207 e. The van der Waals surface area contributed by atoms with Crippen molar-refractivity contribution in [3.05, 3.63) is 60.2 Å². The number of hydrogen-bond acceptors (Lipinski definition) is 6. The van der Waals surface area contributed by atoms with Crippen LogP contribution in [0.25, 0.3) is 21.0 Å². The van der Waals surface area contributed by atoms with Crippen LogP contribution in [0.15, 0.2) is 59.7 Å². The Labute approximate surface area is 179 Å². The molecule has 0 amide bonds. The Morgan fingerprint density at radius 2 is 1.90 bits per heavy atom. The molecule has 0 atom stereocenters. The molecule has 0 saturated heterocycles. The van der Waals surface area contributed by atoms with Gasteiger partial charge in [0.1, 0.15) is 11.5 Å². The second kappa shape index (κ2) is 9.13. The van der Waals surface area contributed by atoms with Crippen molar-refractivity contribution in [1.82, 2.24) is 4.98 Å². The van der Waals surface area contributed by atoms with Crippen molar-refractivity contribution in [1.29, 1.82) is 0 Å². The molecule has 0 aliphatic heterocycles. The van der Waals surface area contributed by atoms with Gasteiger partial charge in [0.15, 0.2) is 0 Å². The Morgan fingerprint density at radius 1 is 1.03 bits per heavy atom. The number of fused-ring (bicyclic) bond motifs is 3. The fourth-order valence-corrected chi connectivity index (χ4v) is 4.39. The number of rotatable bonds is 8. The molecular formula is C24H25N3O2S. The highest BCUT2D eigenvalue weighted by Gasteiger charge is 2.13. The van der Waals surface area contributed by atoms with Crippen molar-refractivity contribution in [3.63, 3.8) is 0 Å². The molecule has 4 aromatic rings. The largest absolute Gasteiger partial charge is 0.508 e. The van der Waals surface area contributed by atoms with Gasteiger partial charge < -0.3 is 10.2 Å². The van der Waals surface area contributed by atoms with E-state index in [1.165, 1.54) is 36.4 Å². The third-order valence-corrected chi connectivity index (χ3v) is 6.10. The fraction of sp³-hybridized carbons (Fsp3) is 0.250. The summed E-state index contributed by atoms with van der Waals surface area (Å²) in [6.45, 7) is 2.94. The standard InChI is InChI=1S/C24H25N3O2S/c1-2-3-4-7-14-27(25-16-18-15-19(28)11-12-21(18)29)24-26-23-20-9-6-5-8-17(20)10-13-22(23)30-24/h5-6,8-13,15-16,28-29H,2-4,7,14H2,1H3/b25-16+. The van der Waals surface area contributed by atoms with Gasteiger partial charge in [-0.25, -0.2) is 9.99 Å². The van der Waals surface area contributed by atoms with Gasteiger partial charge in [0.05, 0.1) is 16.4 Å². The Balaban J connectivity index is 1.68. The van der Waals surface area contributed by atoms with Gasteiger partial charge in [-0.2, -0.15) is 5.10 Å². The molecule has 0 radical (unpaired) electrons. The minimum absolute atomic E-state index is 0.0813. The number of aromatic hydroxyl groups is 2. The van der Waals surface area contributed by atoms with Crippen LogP contribution in [0.5, 0.6) is 11.5 Å². The molecule has 2 N–H and O–H groups in total. The summed E-state index contributed by atoms with van der Waals surface area (Å²) >= 11 is 1.62. The molecule has 0 spiro atoms. The highest BCUT2D eigenvalue weighted by atomic mass is 32.1. The number of phenols is 2. The molecule has 30 heavy (non-hydrogen) atoms. The van der Waals surface area contributed by atoms with Crippen molar-refractivity contribution >= 4 is 43.7 Å². The number of unbranched alkanes of at least 4 members (excludes halogenated alkanes) is 3. The first kappa shape index (κ1) is 20.2. The lowest BCUT2D eigenvalue weighted by atomic mass is 10.1. The Morgan fingerprint density at radius 3 is 2.77 bits per heavy atom. The molecule has 4 rings (SSSR count). The lowest BCUT2D eigenvalue weighted by Gasteiger charge is -2.15. The molecule has 0 saturated carbocycles. The maximum atomic E-state index is 10.1. The number of thiazole rings is 1. The molecule has 3 aromatic carbocycles. The van der Waals surface area contributed by atoms with Crippen molar-refractivity contribution in [2.45, 2.75) is 32.6 Å². The normalized spacial score (nSPS) is 11.6. The van der Waals surface area contributed by atoms with E-state index in [1.54, 1.807) is 17.6 Å². The van der Waals surface area contributed by atoms with E-state index in [1.807, 2.05) is 17.1 Å². The zero-order chi connectivity index (χ0) is 20.9. The lowest BCUT2D eigenvalue weighted by Crippen LogP contribution is -2.18. The van der Waals surface area contributed by atoms with Crippen LogP contribution in [0, 0.1) is 0 Å². The third kappa shape index (κ3) is 4.39. The molecule has 1 aromatic heterocycles. The summed E-state index contributed by atoms with van der Waals surface area (Å²) in [5, 5.41) is 29.4. The van der Waals surface area contributed by atoms with Crippen LogP contribution >= 0.6 is 11.3 Å². The number of hydrogen-bond donors (Lipinski definition) is 2. The van der Waals surface area contributed by atoms with Crippen LogP contribution in [0.4, 0.5) is 5.13 Å². The summed E-state index contributed by atoms with van der Waals surface area (Å²) in [5.41, 5.74) is 1.46. The summed E-state index contributed by atoms with van der Waals surface area (Å²) < 4.78 is 1.12.